The maximum atomic E-state index is 12.0. The molecular weight excluding hydrogens is 276 g/mol. The van der Waals surface area contributed by atoms with Crippen LogP contribution in [0.2, 0.25) is 0 Å². The summed E-state index contributed by atoms with van der Waals surface area (Å²) in [4.78, 5) is 12.0. The highest BCUT2D eigenvalue weighted by atomic mass is 32.2. The average Bonchev–Trinajstić information content (AvgIpc) is 3.05. The van der Waals surface area contributed by atoms with Crippen LogP contribution in [0.3, 0.4) is 0 Å². The molecule has 20 heavy (non-hydrogen) atoms. The van der Waals surface area contributed by atoms with Gasteiger partial charge in [0.05, 0.1) is 24.8 Å². The molecule has 0 fully saturated rings. The van der Waals surface area contributed by atoms with E-state index in [0.717, 1.165) is 34.1 Å². The van der Waals surface area contributed by atoms with Crippen molar-refractivity contribution in [1.82, 2.24) is 5.16 Å². The number of carbonyl (C=O) groups excluding carboxylic acids is 1. The summed E-state index contributed by atoms with van der Waals surface area (Å²) in [5, 5.41) is 6.74. The lowest BCUT2D eigenvalue weighted by Gasteiger charge is -2.04. The first-order valence-electron chi connectivity index (χ1n) is 6.24. The van der Waals surface area contributed by atoms with Crippen molar-refractivity contribution >= 4 is 23.6 Å². The monoisotopic (exact) mass is 290 g/mol. The van der Waals surface area contributed by atoms with Crippen LogP contribution in [0.25, 0.3) is 0 Å². The molecule has 1 amide bonds. The summed E-state index contributed by atoms with van der Waals surface area (Å²) in [6, 6.07) is 7.43. The molecule has 0 saturated carbocycles. The van der Waals surface area contributed by atoms with Crippen LogP contribution in [-0.4, -0.2) is 18.2 Å². The van der Waals surface area contributed by atoms with E-state index >= 15 is 0 Å². The molecule has 1 aromatic heterocycles. The van der Waals surface area contributed by atoms with Crippen molar-refractivity contribution in [3.8, 4) is 5.75 Å². The van der Waals surface area contributed by atoms with Gasteiger partial charge in [0.15, 0.2) is 0 Å². The Morgan fingerprint density at radius 2 is 2.20 bits per heavy atom. The van der Waals surface area contributed by atoms with E-state index in [0.29, 0.717) is 12.3 Å². The number of fused-ring (bicyclic) bond motifs is 1. The number of aromatic nitrogens is 1. The van der Waals surface area contributed by atoms with Gasteiger partial charge >= 0.3 is 0 Å². The number of amides is 1. The molecule has 0 saturated heterocycles. The maximum absolute atomic E-state index is 12.0. The molecule has 0 spiro atoms. The Hall–Kier alpha value is -1.95. The third-order valence-corrected chi connectivity index (χ3v) is 4.10. The van der Waals surface area contributed by atoms with Crippen LogP contribution >= 0.6 is 11.8 Å². The van der Waals surface area contributed by atoms with Gasteiger partial charge in [0, 0.05) is 11.5 Å². The van der Waals surface area contributed by atoms with E-state index in [4.69, 9.17) is 9.26 Å². The first kappa shape index (κ1) is 13.1. The van der Waals surface area contributed by atoms with Crippen molar-refractivity contribution in [2.75, 3.05) is 12.4 Å². The van der Waals surface area contributed by atoms with Crippen molar-refractivity contribution < 1.29 is 14.1 Å². The molecule has 2 heterocycles. The van der Waals surface area contributed by atoms with E-state index in [1.54, 1.807) is 18.9 Å². The molecule has 104 valence electrons. The molecule has 3 rings (SSSR count). The first-order chi connectivity index (χ1) is 9.76. The molecule has 1 aliphatic rings. The minimum Gasteiger partial charge on any atom is -0.497 e. The van der Waals surface area contributed by atoms with Crippen molar-refractivity contribution in [2.24, 2.45) is 0 Å². The lowest BCUT2D eigenvalue weighted by molar-refractivity contribution is -0.115. The van der Waals surface area contributed by atoms with Crippen LogP contribution in [0.15, 0.2) is 28.8 Å². The summed E-state index contributed by atoms with van der Waals surface area (Å²) in [5.41, 5.74) is 2.88. The Morgan fingerprint density at radius 1 is 1.40 bits per heavy atom. The van der Waals surface area contributed by atoms with Gasteiger partial charge in [0.1, 0.15) is 5.75 Å². The molecule has 2 aromatic rings. The average molecular weight is 290 g/mol. The fourth-order valence-electron chi connectivity index (χ4n) is 2.05. The lowest BCUT2D eigenvalue weighted by Crippen LogP contribution is -2.14. The van der Waals surface area contributed by atoms with E-state index in [9.17, 15) is 4.79 Å². The zero-order valence-corrected chi connectivity index (χ0v) is 11.8. The zero-order chi connectivity index (χ0) is 13.9. The highest BCUT2D eigenvalue weighted by Gasteiger charge is 2.22. The van der Waals surface area contributed by atoms with Gasteiger partial charge in [-0.2, -0.15) is 11.8 Å². The van der Waals surface area contributed by atoms with Gasteiger partial charge < -0.3 is 9.26 Å². The summed E-state index contributed by atoms with van der Waals surface area (Å²) in [5.74, 6) is 2.86. The number of thioether (sulfide) groups is 1. The van der Waals surface area contributed by atoms with Crippen LogP contribution in [0.1, 0.15) is 16.8 Å². The number of ether oxygens (including phenoxy) is 1. The second-order valence-electron chi connectivity index (χ2n) is 4.50. The number of hydrogen-bond donors (Lipinski definition) is 1. The quantitative estimate of drug-likeness (QED) is 0.937. The SMILES string of the molecule is COc1ccc(CC(=O)Nc2onc3c2CSC3)cc1. The predicted molar refractivity (Wildman–Crippen MR) is 76.8 cm³/mol. The Labute approximate surface area is 120 Å². The molecule has 0 unspecified atom stereocenters. The molecule has 1 N–H and O–H groups in total. The Morgan fingerprint density at radius 3 is 2.95 bits per heavy atom. The molecule has 1 aliphatic heterocycles. The lowest BCUT2D eigenvalue weighted by atomic mass is 10.1. The molecule has 0 bridgehead atoms. The van der Waals surface area contributed by atoms with Crippen LogP contribution in [-0.2, 0) is 22.7 Å². The third-order valence-electron chi connectivity index (χ3n) is 3.13. The van der Waals surface area contributed by atoms with E-state index < -0.39 is 0 Å². The van der Waals surface area contributed by atoms with E-state index in [2.05, 4.69) is 10.5 Å². The number of nitrogens with zero attached hydrogens (tertiary/aromatic N) is 1. The smallest absolute Gasteiger partial charge is 0.235 e. The summed E-state index contributed by atoms with van der Waals surface area (Å²) < 4.78 is 10.3. The fourth-order valence-corrected chi connectivity index (χ4v) is 3.08. The largest absolute Gasteiger partial charge is 0.497 e. The maximum Gasteiger partial charge on any atom is 0.235 e. The van der Waals surface area contributed by atoms with Gasteiger partial charge in [-0.25, -0.2) is 0 Å². The van der Waals surface area contributed by atoms with E-state index in [1.807, 2.05) is 24.3 Å². The molecule has 0 radical (unpaired) electrons. The summed E-state index contributed by atoms with van der Waals surface area (Å²) in [7, 11) is 1.62. The number of benzene rings is 1. The summed E-state index contributed by atoms with van der Waals surface area (Å²) >= 11 is 1.77. The standard InChI is InChI=1S/C14H14N2O3S/c1-18-10-4-2-9(3-5-10)6-13(17)15-14-11-7-20-8-12(11)16-19-14/h2-5H,6-8H2,1H3,(H,15,17). The second-order valence-corrected chi connectivity index (χ2v) is 5.49. The van der Waals surface area contributed by atoms with Gasteiger partial charge in [0.2, 0.25) is 11.8 Å². The predicted octanol–water partition coefficient (Wildman–Crippen LogP) is 2.61. The summed E-state index contributed by atoms with van der Waals surface area (Å²) in [6.07, 6.45) is 0.298. The number of nitrogens with one attached hydrogen (secondary N) is 1. The number of methoxy groups -OCH3 is 1. The van der Waals surface area contributed by atoms with Crippen LogP contribution in [0, 0.1) is 0 Å². The van der Waals surface area contributed by atoms with E-state index in [-0.39, 0.29) is 5.91 Å². The minimum absolute atomic E-state index is 0.106. The van der Waals surface area contributed by atoms with Crippen molar-refractivity contribution in [2.45, 2.75) is 17.9 Å². The fraction of sp³-hybridized carbons (Fsp3) is 0.286. The van der Waals surface area contributed by atoms with Gasteiger partial charge in [0.25, 0.3) is 0 Å². The van der Waals surface area contributed by atoms with Gasteiger partial charge in [-0.3, -0.25) is 10.1 Å². The molecule has 0 aliphatic carbocycles. The van der Waals surface area contributed by atoms with Crippen LogP contribution < -0.4 is 10.1 Å². The van der Waals surface area contributed by atoms with Gasteiger partial charge in [-0.15, -0.1) is 0 Å². The van der Waals surface area contributed by atoms with Crippen molar-refractivity contribution in [3.63, 3.8) is 0 Å². The van der Waals surface area contributed by atoms with Crippen LogP contribution in [0.5, 0.6) is 5.75 Å². The highest BCUT2D eigenvalue weighted by Crippen LogP contribution is 2.34. The van der Waals surface area contributed by atoms with Gasteiger partial charge in [-0.05, 0) is 17.7 Å². The Kier molecular flexibility index (Phi) is 3.64. The number of hydrogen-bond acceptors (Lipinski definition) is 5. The van der Waals surface area contributed by atoms with Crippen molar-refractivity contribution in [1.29, 1.82) is 0 Å². The Balaban J connectivity index is 1.64. The molecule has 0 atom stereocenters. The normalized spacial score (nSPS) is 13.1. The molecule has 6 heteroatoms. The first-order valence-corrected chi connectivity index (χ1v) is 7.39. The van der Waals surface area contributed by atoms with Crippen molar-refractivity contribution in [3.05, 3.63) is 41.1 Å². The number of carbonyl (C=O) groups is 1. The second kappa shape index (κ2) is 5.58. The minimum atomic E-state index is -0.106. The topological polar surface area (TPSA) is 64.4 Å². The summed E-state index contributed by atoms with van der Waals surface area (Å²) in [6.45, 7) is 0. The van der Waals surface area contributed by atoms with Gasteiger partial charge in [-0.1, -0.05) is 17.3 Å². The molecule has 1 aromatic carbocycles. The molecular formula is C14H14N2O3S. The number of anilines is 1. The molecule has 5 nitrogen and oxygen atoms in total. The highest BCUT2D eigenvalue weighted by molar-refractivity contribution is 7.98. The third kappa shape index (κ3) is 2.65. The number of rotatable bonds is 4. The van der Waals surface area contributed by atoms with Crippen LogP contribution in [0.4, 0.5) is 5.88 Å². The Bertz CT molecular complexity index is 622. The van der Waals surface area contributed by atoms with E-state index in [1.165, 1.54) is 0 Å². The zero-order valence-electron chi connectivity index (χ0n) is 11.0.